The van der Waals surface area contributed by atoms with Gasteiger partial charge in [-0.25, -0.2) is 4.79 Å². The predicted octanol–water partition coefficient (Wildman–Crippen LogP) is 6.27. The van der Waals surface area contributed by atoms with Crippen LogP contribution in [0.1, 0.15) is 88.5 Å². The molecule has 3 aromatic rings. The lowest BCUT2D eigenvalue weighted by Crippen LogP contribution is -2.35. The van der Waals surface area contributed by atoms with Crippen molar-refractivity contribution in [2.24, 2.45) is 5.41 Å². The Balaban J connectivity index is 1.31. The van der Waals surface area contributed by atoms with Crippen LogP contribution in [0.25, 0.3) is 5.57 Å². The molecule has 14 nitrogen and oxygen atoms in total. The number of benzene rings is 2. The molecular formula is C42H50N3O11S2+. The van der Waals surface area contributed by atoms with E-state index in [2.05, 4.69) is 37.8 Å². The number of aromatic hydroxyl groups is 2. The number of rotatable bonds is 12. The maximum absolute atomic E-state index is 12.9. The maximum atomic E-state index is 12.9. The molecule has 4 N–H and O–H groups in total. The lowest BCUT2D eigenvalue weighted by Gasteiger charge is -2.40. The van der Waals surface area contributed by atoms with E-state index in [1.165, 1.54) is 41.1 Å². The van der Waals surface area contributed by atoms with Gasteiger partial charge < -0.3 is 24.7 Å². The first kappa shape index (κ1) is 41.3. The Morgan fingerprint density at radius 2 is 1.71 bits per heavy atom. The first-order chi connectivity index (χ1) is 27.2. The monoisotopic (exact) mass is 836 g/mol. The van der Waals surface area contributed by atoms with Crippen LogP contribution in [0.4, 0.5) is 11.4 Å². The first-order valence-corrected chi connectivity index (χ1v) is 22.5. The molecule has 0 aliphatic carbocycles. The molecule has 1 atom stereocenters. The van der Waals surface area contributed by atoms with Gasteiger partial charge in [-0.3, -0.25) is 9.11 Å². The van der Waals surface area contributed by atoms with Crippen LogP contribution in [0, 0.1) is 5.41 Å². The predicted molar refractivity (Wildman–Crippen MR) is 218 cm³/mol. The van der Waals surface area contributed by atoms with Gasteiger partial charge in [-0.15, -0.1) is 4.73 Å². The SMILES string of the molecule is CC(C)(C)C1=CC(=CC=CC2=[N+](CCCS(=O)(=O)O)c3ccc(S(=O)(=O)O)cc3C2(C)CCCC(=O)On2c(O)ccc2O)c2cc3c4c(c2O1)CCCN4CCC3. The molecular weight excluding hydrogens is 787 g/mol. The van der Waals surface area contributed by atoms with Gasteiger partial charge in [-0.2, -0.15) is 21.4 Å². The summed E-state index contributed by atoms with van der Waals surface area (Å²) in [4.78, 5) is 20.2. The molecule has 0 radical (unpaired) electrons. The number of aromatic nitrogens is 1. The second-order valence-electron chi connectivity index (χ2n) is 16.6. The number of carbonyl (C=O) groups excluding carboxylic acids is 1. The molecule has 0 fully saturated rings. The van der Waals surface area contributed by atoms with E-state index < -0.39 is 49.1 Å². The lowest BCUT2D eigenvalue weighted by atomic mass is 9.75. The van der Waals surface area contributed by atoms with Crippen LogP contribution in [0.2, 0.25) is 0 Å². The third kappa shape index (κ3) is 8.20. The van der Waals surface area contributed by atoms with Crippen molar-refractivity contribution in [1.29, 1.82) is 0 Å². The molecule has 0 bridgehead atoms. The average Bonchev–Trinajstić information content (AvgIpc) is 3.58. The van der Waals surface area contributed by atoms with Crippen LogP contribution in [-0.2, 0) is 43.3 Å². The Bertz CT molecular complexity index is 2500. The summed E-state index contributed by atoms with van der Waals surface area (Å²) in [6, 6.07) is 8.80. The standard InChI is InChI=1S/C42H49N3O11S2/c1-41(2,3)35-25-27(31-24-28-11-7-20-43-21-8-12-30(39(28)43)40(31)55-35)10-5-13-34-42(4,19-6-14-38(48)56-45-36(46)17-18-37(45)47)32-26-29(58(52,53)54)15-16-33(32)44(34)22-9-23-57(49,50)51/h5,10,13,15-18,24-26H,6-9,11-12,14,19-23H2,1-4H3,(H3-,46,47,49,50,51,52,53,54)/p+1. The first-order valence-electron chi connectivity index (χ1n) is 19.5. The fraction of sp³-hybridized carbons (Fsp3) is 0.429. The molecule has 1 unspecified atom stereocenters. The van der Waals surface area contributed by atoms with Crippen molar-refractivity contribution in [2.45, 2.75) is 89.4 Å². The zero-order chi connectivity index (χ0) is 41.8. The van der Waals surface area contributed by atoms with Crippen LogP contribution >= 0.6 is 0 Å². The topological polar surface area (TPSA) is 196 Å². The zero-order valence-corrected chi connectivity index (χ0v) is 34.7. The number of aryl methyl sites for hydroxylation is 1. The normalized spacial score (nSPS) is 19.9. The second kappa shape index (κ2) is 15.4. The highest BCUT2D eigenvalue weighted by atomic mass is 32.2. The van der Waals surface area contributed by atoms with E-state index in [9.17, 15) is 40.9 Å². The highest BCUT2D eigenvalue weighted by Crippen LogP contribution is 2.49. The van der Waals surface area contributed by atoms with Crippen molar-refractivity contribution in [3.8, 4) is 17.5 Å². The largest absolute Gasteiger partial charge is 0.492 e. The van der Waals surface area contributed by atoms with E-state index in [4.69, 9.17) is 9.57 Å². The summed E-state index contributed by atoms with van der Waals surface area (Å²) >= 11 is 0. The number of carbonyl (C=O) groups is 1. The summed E-state index contributed by atoms with van der Waals surface area (Å²) in [6.45, 7) is 10.4. The van der Waals surface area contributed by atoms with Crippen molar-refractivity contribution in [3.63, 3.8) is 0 Å². The van der Waals surface area contributed by atoms with Crippen molar-refractivity contribution in [2.75, 3.05) is 30.3 Å². The van der Waals surface area contributed by atoms with E-state index >= 15 is 0 Å². The summed E-state index contributed by atoms with van der Waals surface area (Å²) in [5, 5.41) is 19.9. The van der Waals surface area contributed by atoms with Crippen LogP contribution in [-0.4, -0.2) is 82.5 Å². The maximum Gasteiger partial charge on any atom is 0.333 e. The number of fused-ring (bicyclic) bond motifs is 3. The lowest BCUT2D eigenvalue weighted by molar-refractivity contribution is -0.437. The summed E-state index contributed by atoms with van der Waals surface area (Å²) in [5.74, 6) is -0.478. The molecule has 0 saturated heterocycles. The zero-order valence-electron chi connectivity index (χ0n) is 33.1. The molecule has 0 spiro atoms. The molecule has 1 aromatic heterocycles. The minimum atomic E-state index is -4.62. The van der Waals surface area contributed by atoms with Crippen molar-refractivity contribution in [1.82, 2.24) is 4.73 Å². The Morgan fingerprint density at radius 3 is 2.38 bits per heavy atom. The molecule has 310 valence electrons. The number of allylic oxidation sites excluding steroid dienone is 6. The third-order valence-corrected chi connectivity index (χ3v) is 13.0. The van der Waals surface area contributed by atoms with E-state index in [0.29, 0.717) is 21.7 Å². The minimum Gasteiger partial charge on any atom is -0.492 e. The fourth-order valence-electron chi connectivity index (χ4n) is 8.60. The summed E-state index contributed by atoms with van der Waals surface area (Å²) in [6.07, 6.45) is 12.2. The molecule has 0 saturated carbocycles. The van der Waals surface area contributed by atoms with Crippen LogP contribution in [0.3, 0.4) is 0 Å². The fourth-order valence-corrected chi connectivity index (χ4v) is 9.60. The van der Waals surface area contributed by atoms with Crippen LogP contribution in [0.5, 0.6) is 17.5 Å². The molecule has 58 heavy (non-hydrogen) atoms. The van der Waals surface area contributed by atoms with E-state index in [1.807, 2.05) is 29.7 Å². The van der Waals surface area contributed by atoms with E-state index in [1.54, 1.807) is 6.07 Å². The number of hydrogen-bond acceptors (Lipinski definition) is 10. The smallest absolute Gasteiger partial charge is 0.333 e. The van der Waals surface area contributed by atoms with Crippen molar-refractivity contribution < 1.29 is 55.1 Å². The summed E-state index contributed by atoms with van der Waals surface area (Å²) in [5.41, 5.74) is 6.26. The number of hydrogen-bond donors (Lipinski definition) is 4. The summed E-state index contributed by atoms with van der Waals surface area (Å²) < 4.78 is 77.2. The van der Waals surface area contributed by atoms with Gasteiger partial charge >= 0.3 is 5.97 Å². The Labute approximate surface area is 338 Å². The summed E-state index contributed by atoms with van der Waals surface area (Å²) in [7, 11) is -8.91. The van der Waals surface area contributed by atoms with Gasteiger partial charge in [-0.1, -0.05) is 32.9 Å². The molecule has 5 heterocycles. The molecule has 7 rings (SSSR count). The highest BCUT2D eigenvalue weighted by Gasteiger charge is 2.48. The van der Waals surface area contributed by atoms with Gasteiger partial charge in [0.25, 0.3) is 20.2 Å². The van der Waals surface area contributed by atoms with Crippen molar-refractivity contribution in [3.05, 3.63) is 88.7 Å². The average molecular weight is 837 g/mol. The number of ether oxygens (including phenoxy) is 1. The second-order valence-corrected chi connectivity index (χ2v) is 19.6. The van der Waals surface area contributed by atoms with Gasteiger partial charge in [0.15, 0.2) is 5.71 Å². The van der Waals surface area contributed by atoms with Gasteiger partial charge in [-0.05, 0) is 80.9 Å². The van der Waals surface area contributed by atoms with Crippen LogP contribution in [0.15, 0.2) is 71.4 Å². The Kier molecular flexibility index (Phi) is 10.9. The quantitative estimate of drug-likeness (QED) is 0.118. The number of anilines is 1. The van der Waals surface area contributed by atoms with Crippen molar-refractivity contribution >= 4 is 48.9 Å². The molecule has 4 aliphatic heterocycles. The third-order valence-electron chi connectivity index (χ3n) is 11.4. The van der Waals surface area contributed by atoms with E-state index in [0.717, 1.165) is 61.4 Å². The molecule has 16 heteroatoms. The molecule has 4 aliphatic rings. The molecule has 0 amide bonds. The van der Waals surface area contributed by atoms with E-state index in [-0.39, 0.29) is 42.5 Å². The Hall–Kier alpha value is -4.90. The van der Waals surface area contributed by atoms with Gasteiger partial charge in [0.1, 0.15) is 18.1 Å². The highest BCUT2D eigenvalue weighted by molar-refractivity contribution is 7.86. The van der Waals surface area contributed by atoms with Gasteiger partial charge in [0, 0.05) is 78.0 Å². The minimum absolute atomic E-state index is 0.0380. The molecule has 2 aromatic carbocycles. The van der Waals surface area contributed by atoms with Gasteiger partial charge in [0.2, 0.25) is 17.4 Å². The van der Waals surface area contributed by atoms with Gasteiger partial charge in [0.05, 0.1) is 16.1 Å². The Morgan fingerprint density at radius 1 is 1.00 bits per heavy atom. The number of nitrogens with zero attached hydrogens (tertiary/aromatic N) is 3. The van der Waals surface area contributed by atoms with Crippen LogP contribution < -0.4 is 14.5 Å².